The first-order valence-electron chi connectivity index (χ1n) is 6.44. The maximum absolute atomic E-state index is 13.0. The third-order valence-corrected chi connectivity index (χ3v) is 4.31. The molecule has 1 N–H and O–H groups in total. The summed E-state index contributed by atoms with van der Waals surface area (Å²) in [6, 6.07) is 3.50. The van der Waals surface area contributed by atoms with E-state index in [4.69, 9.17) is 4.74 Å². The van der Waals surface area contributed by atoms with E-state index in [2.05, 4.69) is 21.2 Å². The summed E-state index contributed by atoms with van der Waals surface area (Å²) in [5.74, 6) is -0.741. The van der Waals surface area contributed by atoms with Crippen LogP contribution < -0.4 is 5.32 Å². The third-order valence-electron chi connectivity index (χ3n) is 3.82. The van der Waals surface area contributed by atoms with E-state index in [1.54, 1.807) is 13.8 Å². The lowest BCUT2D eigenvalue weighted by atomic mass is 9.93. The standard InChI is InChI=1S/C14H15BrF3NO2/c1-8-13(2,5-6-21-8)19-12(20)10-4-3-9(15)7-11(10)14(16,17)18/h3-4,7-8H,5-6H2,1-2H3,(H,19,20). The summed E-state index contributed by atoms with van der Waals surface area (Å²) in [4.78, 5) is 12.2. The summed E-state index contributed by atoms with van der Waals surface area (Å²) in [5, 5.41) is 2.67. The molecule has 1 aromatic rings. The van der Waals surface area contributed by atoms with Crippen molar-refractivity contribution in [2.75, 3.05) is 6.61 Å². The minimum Gasteiger partial charge on any atom is -0.376 e. The second-order valence-corrected chi connectivity index (χ2v) is 6.24. The van der Waals surface area contributed by atoms with Crippen molar-refractivity contribution in [1.29, 1.82) is 0 Å². The summed E-state index contributed by atoms with van der Waals surface area (Å²) >= 11 is 2.99. The van der Waals surface area contributed by atoms with Gasteiger partial charge in [-0.3, -0.25) is 4.79 Å². The molecule has 7 heteroatoms. The fourth-order valence-electron chi connectivity index (χ4n) is 2.27. The molecule has 0 spiro atoms. The van der Waals surface area contributed by atoms with Crippen LogP contribution in [0.4, 0.5) is 13.2 Å². The molecule has 1 amide bonds. The smallest absolute Gasteiger partial charge is 0.376 e. The van der Waals surface area contributed by atoms with Crippen molar-refractivity contribution < 1.29 is 22.7 Å². The predicted octanol–water partition coefficient (Wildman–Crippen LogP) is 3.77. The SMILES string of the molecule is CC1OCCC1(C)NC(=O)c1ccc(Br)cc1C(F)(F)F. The van der Waals surface area contributed by atoms with Gasteiger partial charge in [0.15, 0.2) is 0 Å². The number of ether oxygens (including phenoxy) is 1. The largest absolute Gasteiger partial charge is 0.417 e. The molecule has 1 aliphatic rings. The zero-order valence-electron chi connectivity index (χ0n) is 11.6. The van der Waals surface area contributed by atoms with Gasteiger partial charge in [-0.1, -0.05) is 15.9 Å². The van der Waals surface area contributed by atoms with Crippen molar-refractivity contribution in [3.05, 3.63) is 33.8 Å². The molecule has 1 heterocycles. The van der Waals surface area contributed by atoms with E-state index in [0.29, 0.717) is 13.0 Å². The number of hydrogen-bond acceptors (Lipinski definition) is 2. The van der Waals surface area contributed by atoms with Gasteiger partial charge in [-0.25, -0.2) is 0 Å². The lowest BCUT2D eigenvalue weighted by Crippen LogP contribution is -2.50. The van der Waals surface area contributed by atoms with Gasteiger partial charge in [0.1, 0.15) is 0 Å². The molecule has 1 fully saturated rings. The highest BCUT2D eigenvalue weighted by Gasteiger charge is 2.41. The maximum Gasteiger partial charge on any atom is 0.417 e. The van der Waals surface area contributed by atoms with Crippen LogP contribution in [0.1, 0.15) is 36.2 Å². The Bertz CT molecular complexity index is 562. The van der Waals surface area contributed by atoms with Crippen LogP contribution in [-0.2, 0) is 10.9 Å². The van der Waals surface area contributed by atoms with E-state index in [1.165, 1.54) is 12.1 Å². The third kappa shape index (κ3) is 3.40. The van der Waals surface area contributed by atoms with Gasteiger partial charge in [0.25, 0.3) is 5.91 Å². The van der Waals surface area contributed by atoms with Crippen molar-refractivity contribution >= 4 is 21.8 Å². The van der Waals surface area contributed by atoms with Crippen molar-refractivity contribution in [3.8, 4) is 0 Å². The average Bonchev–Trinajstić information content (AvgIpc) is 2.68. The van der Waals surface area contributed by atoms with Gasteiger partial charge in [0.2, 0.25) is 0 Å². The number of carbonyl (C=O) groups excluding carboxylic acids is 1. The molecule has 0 saturated carbocycles. The van der Waals surface area contributed by atoms with Gasteiger partial charge < -0.3 is 10.1 Å². The molecule has 2 rings (SSSR count). The van der Waals surface area contributed by atoms with E-state index in [-0.39, 0.29) is 16.1 Å². The van der Waals surface area contributed by atoms with Crippen LogP contribution >= 0.6 is 15.9 Å². The Kier molecular flexibility index (Phi) is 4.35. The topological polar surface area (TPSA) is 38.3 Å². The molecule has 2 unspecified atom stereocenters. The molecule has 2 atom stereocenters. The number of halogens is 4. The fraction of sp³-hybridized carbons (Fsp3) is 0.500. The summed E-state index contributed by atoms with van der Waals surface area (Å²) in [6.45, 7) is 4.04. The highest BCUT2D eigenvalue weighted by atomic mass is 79.9. The molecule has 3 nitrogen and oxygen atoms in total. The minimum atomic E-state index is -4.59. The van der Waals surface area contributed by atoms with Crippen molar-refractivity contribution in [1.82, 2.24) is 5.32 Å². The molecule has 0 aliphatic carbocycles. The van der Waals surface area contributed by atoms with Gasteiger partial charge in [0, 0.05) is 11.1 Å². The molecule has 116 valence electrons. The van der Waals surface area contributed by atoms with E-state index in [0.717, 1.165) is 6.07 Å². The van der Waals surface area contributed by atoms with Gasteiger partial charge in [0.05, 0.1) is 22.8 Å². The quantitative estimate of drug-likeness (QED) is 0.866. The molecule has 21 heavy (non-hydrogen) atoms. The van der Waals surface area contributed by atoms with Gasteiger partial charge in [-0.05, 0) is 38.5 Å². The number of amides is 1. The molecule has 1 saturated heterocycles. The Morgan fingerprint density at radius 1 is 1.48 bits per heavy atom. The van der Waals surface area contributed by atoms with E-state index in [1.807, 2.05) is 0 Å². The Morgan fingerprint density at radius 2 is 2.14 bits per heavy atom. The van der Waals surface area contributed by atoms with Crippen LogP contribution in [0.5, 0.6) is 0 Å². The van der Waals surface area contributed by atoms with Crippen molar-refractivity contribution in [2.24, 2.45) is 0 Å². The Balaban J connectivity index is 2.32. The van der Waals surface area contributed by atoms with Gasteiger partial charge >= 0.3 is 6.18 Å². The summed E-state index contributed by atoms with van der Waals surface area (Å²) in [7, 11) is 0. The molecule has 0 aromatic heterocycles. The van der Waals surface area contributed by atoms with E-state index >= 15 is 0 Å². The van der Waals surface area contributed by atoms with Crippen LogP contribution in [0.15, 0.2) is 22.7 Å². The van der Waals surface area contributed by atoms with Crippen LogP contribution in [0.3, 0.4) is 0 Å². The normalized spacial score (nSPS) is 25.9. The average molecular weight is 366 g/mol. The van der Waals surface area contributed by atoms with E-state index in [9.17, 15) is 18.0 Å². The van der Waals surface area contributed by atoms with E-state index < -0.39 is 23.2 Å². The van der Waals surface area contributed by atoms with Crippen LogP contribution in [0, 0.1) is 0 Å². The molecule has 0 bridgehead atoms. The van der Waals surface area contributed by atoms with Crippen LogP contribution in [0.2, 0.25) is 0 Å². The summed E-state index contributed by atoms with van der Waals surface area (Å²) in [6.07, 6.45) is -4.27. The second kappa shape index (κ2) is 5.61. The predicted molar refractivity (Wildman–Crippen MR) is 75.0 cm³/mol. The van der Waals surface area contributed by atoms with Crippen molar-refractivity contribution in [3.63, 3.8) is 0 Å². The lowest BCUT2D eigenvalue weighted by molar-refractivity contribution is -0.138. The second-order valence-electron chi connectivity index (χ2n) is 5.32. The zero-order chi connectivity index (χ0) is 15.8. The summed E-state index contributed by atoms with van der Waals surface area (Å²) in [5.41, 5.74) is -2.00. The van der Waals surface area contributed by atoms with Gasteiger partial charge in [-0.15, -0.1) is 0 Å². The number of alkyl halides is 3. The maximum atomic E-state index is 13.0. The number of benzene rings is 1. The number of hydrogen-bond donors (Lipinski definition) is 1. The van der Waals surface area contributed by atoms with Crippen LogP contribution in [-0.4, -0.2) is 24.2 Å². The minimum absolute atomic E-state index is 0.244. The van der Waals surface area contributed by atoms with Crippen molar-refractivity contribution in [2.45, 2.75) is 38.1 Å². The highest BCUT2D eigenvalue weighted by Crippen LogP contribution is 2.34. The zero-order valence-corrected chi connectivity index (χ0v) is 13.1. The molecule has 0 radical (unpaired) electrons. The monoisotopic (exact) mass is 365 g/mol. The first-order chi connectivity index (χ1) is 9.63. The number of rotatable bonds is 2. The van der Waals surface area contributed by atoms with Gasteiger partial charge in [-0.2, -0.15) is 13.2 Å². The Hall–Kier alpha value is -1.08. The molecule has 1 aromatic carbocycles. The molecule has 1 aliphatic heterocycles. The Morgan fingerprint density at radius 3 is 2.67 bits per heavy atom. The summed E-state index contributed by atoms with van der Waals surface area (Å²) < 4.78 is 44.8. The number of carbonyl (C=O) groups is 1. The first kappa shape index (κ1) is 16.3. The lowest BCUT2D eigenvalue weighted by Gasteiger charge is -2.29. The number of nitrogens with one attached hydrogen (secondary N) is 1. The first-order valence-corrected chi connectivity index (χ1v) is 7.24. The highest BCUT2D eigenvalue weighted by molar-refractivity contribution is 9.10. The van der Waals surface area contributed by atoms with Crippen LogP contribution in [0.25, 0.3) is 0 Å². The molecular formula is C14H15BrF3NO2. The fourth-order valence-corrected chi connectivity index (χ4v) is 2.64. The Labute approximate surface area is 129 Å². The molecular weight excluding hydrogens is 351 g/mol.